The van der Waals surface area contributed by atoms with Gasteiger partial charge in [-0.05, 0) is 25.7 Å². The Morgan fingerprint density at radius 2 is 2.24 bits per heavy atom. The zero-order valence-corrected chi connectivity index (χ0v) is 15.7. The smallest absolute Gasteiger partial charge is 0.202 e. The van der Waals surface area contributed by atoms with E-state index in [4.69, 9.17) is 4.74 Å². The molecule has 6 nitrogen and oxygen atoms in total. The van der Waals surface area contributed by atoms with Gasteiger partial charge >= 0.3 is 0 Å². The van der Waals surface area contributed by atoms with Crippen molar-refractivity contribution in [3.63, 3.8) is 0 Å². The molecule has 1 unspecified atom stereocenters. The van der Waals surface area contributed by atoms with E-state index in [-0.39, 0.29) is 7.53 Å². The van der Waals surface area contributed by atoms with Gasteiger partial charge in [0.2, 0.25) is 6.17 Å². The molecule has 0 aromatic carbocycles. The van der Waals surface area contributed by atoms with Gasteiger partial charge in [0.15, 0.2) is 0 Å². The largest absolute Gasteiger partial charge is 0.373 e. The van der Waals surface area contributed by atoms with E-state index in [9.17, 15) is 0 Å². The Morgan fingerprint density at radius 1 is 1.36 bits per heavy atom. The molecule has 0 amide bonds. The molecule has 3 heterocycles. The van der Waals surface area contributed by atoms with Crippen LogP contribution in [0, 0.1) is 12.1 Å². The number of nitrogens with zero attached hydrogens (tertiary/aromatic N) is 2. The normalized spacial score (nSPS) is 26.1. The summed E-state index contributed by atoms with van der Waals surface area (Å²) in [7, 11) is 0. The van der Waals surface area contributed by atoms with Crippen LogP contribution in [-0.4, -0.2) is 42.9 Å². The molecule has 1 aliphatic carbocycles. The first kappa shape index (κ1) is 17.2. The highest BCUT2D eigenvalue weighted by atomic mass is 32.2. The first-order valence-corrected chi connectivity index (χ1v) is 10.4. The van der Waals surface area contributed by atoms with Crippen LogP contribution < -0.4 is 16.0 Å². The lowest BCUT2D eigenvalue weighted by molar-refractivity contribution is 0.0535. The van der Waals surface area contributed by atoms with E-state index < -0.39 is 0 Å². The predicted octanol–water partition coefficient (Wildman–Crippen LogP) is 2.55. The molecule has 0 spiro atoms. The number of aliphatic imine (C=N–C) groups is 1. The highest BCUT2D eigenvalue weighted by Gasteiger charge is 2.30. The third-order valence-corrected chi connectivity index (χ3v) is 6.43. The van der Waals surface area contributed by atoms with E-state index in [0.29, 0.717) is 0 Å². The maximum absolute atomic E-state index is 6.23. The zero-order chi connectivity index (χ0) is 17.1. The van der Waals surface area contributed by atoms with E-state index >= 15 is 0 Å². The molecule has 2 fully saturated rings. The summed E-state index contributed by atoms with van der Waals surface area (Å²) in [4.78, 5) is 7.94. The molecule has 1 radical (unpaired) electrons. The van der Waals surface area contributed by atoms with Crippen LogP contribution in [0.4, 0.5) is 0 Å². The predicted molar refractivity (Wildman–Crippen MR) is 104 cm³/mol. The number of fused-ring (bicyclic) bond motifs is 1. The molecule has 0 aromatic rings. The van der Waals surface area contributed by atoms with Gasteiger partial charge in [0, 0.05) is 24.8 Å². The van der Waals surface area contributed by atoms with Crippen molar-refractivity contribution >= 4 is 18.1 Å². The highest BCUT2D eigenvalue weighted by molar-refractivity contribution is 8.03. The van der Waals surface area contributed by atoms with E-state index in [1.165, 1.54) is 37.0 Å². The van der Waals surface area contributed by atoms with Crippen LogP contribution in [0.5, 0.6) is 0 Å². The molecule has 1 saturated heterocycles. The molecule has 1 saturated carbocycles. The van der Waals surface area contributed by atoms with Crippen molar-refractivity contribution in [3.8, 4) is 0 Å². The first-order chi connectivity index (χ1) is 12.3. The molecule has 0 aromatic heterocycles. The van der Waals surface area contributed by atoms with Crippen molar-refractivity contribution in [1.82, 2.24) is 20.9 Å². The van der Waals surface area contributed by atoms with E-state index in [2.05, 4.69) is 39.0 Å². The Morgan fingerprint density at radius 3 is 3.12 bits per heavy atom. The van der Waals surface area contributed by atoms with Crippen molar-refractivity contribution in [1.29, 1.82) is 0 Å². The molecular weight excluding hydrogens is 334 g/mol. The van der Waals surface area contributed by atoms with Crippen molar-refractivity contribution in [3.05, 3.63) is 28.8 Å². The number of nitrogens with one attached hydrogen (secondary N) is 3. The minimum atomic E-state index is 0. The average molecular weight is 365 g/mol. The van der Waals surface area contributed by atoms with Crippen LogP contribution in [0.2, 0.25) is 0 Å². The summed E-state index contributed by atoms with van der Waals surface area (Å²) in [5.74, 6) is 2.90. The minimum Gasteiger partial charge on any atom is -0.373 e. The van der Waals surface area contributed by atoms with E-state index in [1.807, 2.05) is 11.8 Å². The molecule has 7 heteroatoms. The minimum absolute atomic E-state index is 0. The van der Waals surface area contributed by atoms with Gasteiger partial charge in [-0.2, -0.15) is 0 Å². The summed E-state index contributed by atoms with van der Waals surface area (Å²) in [6.45, 7) is 4.80. The van der Waals surface area contributed by atoms with Crippen LogP contribution in [0.25, 0.3) is 0 Å². The lowest BCUT2D eigenvalue weighted by Crippen LogP contribution is -2.37. The number of hydrogen-bond acceptors (Lipinski definition) is 7. The molecular formula is C18H30N5OS. The van der Waals surface area contributed by atoms with Crippen molar-refractivity contribution in [2.24, 2.45) is 10.9 Å². The molecule has 139 valence electrons. The third-order valence-electron chi connectivity index (χ3n) is 5.27. The summed E-state index contributed by atoms with van der Waals surface area (Å²) in [5, 5.41) is 9.91. The zero-order valence-electron chi connectivity index (χ0n) is 14.9. The monoisotopic (exact) mass is 364 g/mol. The summed E-state index contributed by atoms with van der Waals surface area (Å²) >= 11 is 1.92. The van der Waals surface area contributed by atoms with Gasteiger partial charge in [0.1, 0.15) is 11.5 Å². The van der Waals surface area contributed by atoms with E-state index in [1.54, 1.807) is 6.34 Å². The van der Waals surface area contributed by atoms with E-state index in [0.717, 1.165) is 49.2 Å². The van der Waals surface area contributed by atoms with Gasteiger partial charge < -0.3 is 20.3 Å². The molecule has 4 rings (SSSR count). The lowest BCUT2D eigenvalue weighted by Gasteiger charge is -2.33. The Balaban J connectivity index is 0.00000196. The second kappa shape index (κ2) is 8.01. The van der Waals surface area contributed by atoms with Gasteiger partial charge in [-0.25, -0.2) is 4.99 Å². The Kier molecular flexibility index (Phi) is 5.53. The van der Waals surface area contributed by atoms with Crippen LogP contribution in [0.3, 0.4) is 0 Å². The number of thioether (sulfide) groups is 1. The summed E-state index contributed by atoms with van der Waals surface area (Å²) in [6.07, 6.45) is 11.9. The Labute approximate surface area is 156 Å². The standard InChI is InChI=1S/C18H28N5OS.H2/c1-13(24-10-14-5-3-2-4-6-14)15-9-23(7-8-25-15)18-16-17(20-11-19-16)21-12-22-18;/h9,12-14,19-20H,2-8,10-11H2,1H3,(H,21,22);1H. The summed E-state index contributed by atoms with van der Waals surface area (Å²) in [6, 6.07) is 0. The summed E-state index contributed by atoms with van der Waals surface area (Å²) in [5.41, 5.74) is 1.06. The van der Waals surface area contributed by atoms with Crippen LogP contribution in [0.1, 0.15) is 40.5 Å². The number of hydrogen-bond donors (Lipinski definition) is 3. The van der Waals surface area contributed by atoms with Crippen LogP contribution in [0.15, 0.2) is 27.6 Å². The van der Waals surface area contributed by atoms with Gasteiger partial charge in [-0.1, -0.05) is 19.3 Å². The van der Waals surface area contributed by atoms with Crippen LogP contribution in [-0.2, 0) is 4.74 Å². The van der Waals surface area contributed by atoms with Crippen molar-refractivity contribution < 1.29 is 6.16 Å². The Bertz CT molecular complexity index is 576. The molecule has 3 N–H and O–H groups in total. The maximum Gasteiger partial charge on any atom is 0.202 e. The van der Waals surface area contributed by atoms with Gasteiger partial charge in [0.25, 0.3) is 0 Å². The molecule has 25 heavy (non-hydrogen) atoms. The van der Waals surface area contributed by atoms with Crippen molar-refractivity contribution in [2.45, 2.75) is 45.1 Å². The second-order valence-electron chi connectivity index (χ2n) is 7.06. The summed E-state index contributed by atoms with van der Waals surface area (Å²) < 4.78 is 6.23. The average Bonchev–Trinajstić information content (AvgIpc) is 3.16. The highest BCUT2D eigenvalue weighted by Crippen LogP contribution is 2.31. The fourth-order valence-electron chi connectivity index (χ4n) is 3.78. The maximum atomic E-state index is 6.23. The van der Waals surface area contributed by atoms with Gasteiger partial charge in [-0.15, -0.1) is 11.8 Å². The molecule has 0 bridgehead atoms. The third kappa shape index (κ3) is 3.99. The van der Waals surface area contributed by atoms with Crippen molar-refractivity contribution in [2.75, 3.05) is 25.6 Å². The van der Waals surface area contributed by atoms with Crippen LogP contribution >= 0.6 is 11.8 Å². The number of ether oxygens (including phenoxy) is 1. The fraction of sp³-hybridized carbons (Fsp3) is 0.667. The molecule has 3 aliphatic heterocycles. The quantitative estimate of drug-likeness (QED) is 0.697. The SMILES string of the molecule is CC(OCC1CCCCC1)C1=CN(C2=C3NCN[C]3N=CN2)CCS1.[HH]. The topological polar surface area (TPSA) is 60.9 Å². The number of rotatable bonds is 5. The lowest BCUT2D eigenvalue weighted by atomic mass is 9.90. The second-order valence-corrected chi connectivity index (χ2v) is 8.23. The Hall–Kier alpha value is -1.18. The first-order valence-electron chi connectivity index (χ1n) is 9.42. The molecule has 1 atom stereocenters. The molecule has 4 aliphatic rings. The van der Waals surface area contributed by atoms with Gasteiger partial charge in [-0.3, -0.25) is 5.32 Å². The fourth-order valence-corrected chi connectivity index (χ4v) is 4.81. The van der Waals surface area contributed by atoms with Gasteiger partial charge in [0.05, 0.1) is 25.7 Å².